The van der Waals surface area contributed by atoms with Crippen molar-refractivity contribution >= 4 is 66.6 Å². The molecule has 0 fully saturated rings. The van der Waals surface area contributed by atoms with Crippen molar-refractivity contribution in [2.45, 2.75) is 10.8 Å². The number of nitrogens with one attached hydrogen (secondary N) is 2. The summed E-state index contributed by atoms with van der Waals surface area (Å²) in [5.74, 6) is 0.449. The van der Waals surface area contributed by atoms with Crippen LogP contribution in [0.4, 0.5) is 26.7 Å². The molecule has 160 valence electrons. The Labute approximate surface area is 198 Å². The summed E-state index contributed by atoms with van der Waals surface area (Å²) < 4.78 is 15.2. The van der Waals surface area contributed by atoms with E-state index in [4.69, 9.17) is 0 Å². The van der Waals surface area contributed by atoms with Gasteiger partial charge in [0.25, 0.3) is 0 Å². The first kappa shape index (κ1) is 21.8. The number of hydrogen-bond acceptors (Lipinski definition) is 7. The van der Waals surface area contributed by atoms with Crippen molar-refractivity contribution in [1.82, 2.24) is 19.9 Å². The van der Waals surface area contributed by atoms with E-state index in [1.165, 1.54) is 29.3 Å². The summed E-state index contributed by atoms with van der Waals surface area (Å²) in [6.45, 7) is 1.02. The molecular weight excluding hydrogens is 526 g/mol. The van der Waals surface area contributed by atoms with Crippen molar-refractivity contribution in [3.05, 3.63) is 65.7 Å². The van der Waals surface area contributed by atoms with Gasteiger partial charge in [0.05, 0.1) is 0 Å². The van der Waals surface area contributed by atoms with E-state index in [9.17, 15) is 4.39 Å². The highest BCUT2D eigenvalue weighted by atomic mass is 127. The number of anilines is 4. The minimum absolute atomic E-state index is 0.204. The third-order valence-electron chi connectivity index (χ3n) is 4.70. The van der Waals surface area contributed by atoms with Gasteiger partial charge in [-0.15, -0.1) is 0 Å². The molecule has 0 atom stereocenters. The number of alkyl halides is 1. The van der Waals surface area contributed by atoms with Crippen LogP contribution in [0, 0.1) is 5.82 Å². The molecule has 0 radical (unpaired) electrons. The fourth-order valence-electron chi connectivity index (χ4n) is 3.02. The van der Waals surface area contributed by atoms with Gasteiger partial charge in [0.2, 0.25) is 0 Å². The normalized spacial score (nSPS) is 11.3. The van der Waals surface area contributed by atoms with Crippen molar-refractivity contribution in [3.8, 4) is 0 Å². The van der Waals surface area contributed by atoms with E-state index < -0.39 is 0 Å². The predicted octanol–water partition coefficient (Wildman–Crippen LogP) is 5.75. The van der Waals surface area contributed by atoms with Crippen LogP contribution in [0.15, 0.2) is 48.8 Å². The van der Waals surface area contributed by atoms with Crippen LogP contribution >= 0.6 is 33.9 Å². The van der Waals surface area contributed by atoms with Gasteiger partial charge in [0.15, 0.2) is 16.6 Å². The van der Waals surface area contributed by atoms with Crippen LogP contribution in [0.1, 0.15) is 11.1 Å². The molecule has 0 aliphatic heterocycles. The van der Waals surface area contributed by atoms with Crippen LogP contribution in [0.25, 0.3) is 10.3 Å². The van der Waals surface area contributed by atoms with E-state index in [2.05, 4.69) is 91.4 Å². The lowest BCUT2D eigenvalue weighted by Gasteiger charge is -2.09. The maximum absolute atomic E-state index is 13.8. The summed E-state index contributed by atoms with van der Waals surface area (Å²) >= 11 is 3.63. The SMILES string of the molecule is CN(C)CCc1ccc(Nc2nc3ncnc(Nc4ccc(F)c(CI)c4)c3s2)cc1. The summed E-state index contributed by atoms with van der Waals surface area (Å²) in [4.78, 5) is 15.4. The molecular formula is C22H22FIN6S. The number of halogens is 2. The van der Waals surface area contributed by atoms with E-state index in [-0.39, 0.29) is 5.82 Å². The van der Waals surface area contributed by atoms with Crippen LogP contribution in [0.2, 0.25) is 0 Å². The van der Waals surface area contributed by atoms with Crippen molar-refractivity contribution in [1.29, 1.82) is 0 Å². The largest absolute Gasteiger partial charge is 0.339 e. The topological polar surface area (TPSA) is 66.0 Å². The average Bonchev–Trinajstić information content (AvgIpc) is 3.18. The van der Waals surface area contributed by atoms with E-state index in [1.807, 2.05) is 0 Å². The zero-order chi connectivity index (χ0) is 21.8. The molecule has 31 heavy (non-hydrogen) atoms. The number of benzene rings is 2. The molecule has 2 aromatic carbocycles. The minimum Gasteiger partial charge on any atom is -0.339 e. The first-order valence-electron chi connectivity index (χ1n) is 9.75. The van der Waals surface area contributed by atoms with Crippen molar-refractivity contribution in [2.24, 2.45) is 0 Å². The predicted molar refractivity (Wildman–Crippen MR) is 135 cm³/mol. The fraction of sp³-hybridized carbons (Fsp3) is 0.227. The third-order valence-corrected chi connectivity index (χ3v) is 6.49. The molecule has 0 saturated heterocycles. The number of aromatic nitrogens is 3. The molecule has 9 heteroatoms. The lowest BCUT2D eigenvalue weighted by molar-refractivity contribution is 0.413. The number of hydrogen-bond donors (Lipinski definition) is 2. The lowest BCUT2D eigenvalue weighted by Crippen LogP contribution is -2.14. The molecule has 0 bridgehead atoms. The van der Waals surface area contributed by atoms with Crippen LogP contribution < -0.4 is 10.6 Å². The first-order chi connectivity index (χ1) is 15.0. The monoisotopic (exact) mass is 548 g/mol. The van der Waals surface area contributed by atoms with Crippen LogP contribution in [0.3, 0.4) is 0 Å². The number of rotatable bonds is 8. The van der Waals surface area contributed by atoms with E-state index in [0.29, 0.717) is 21.5 Å². The van der Waals surface area contributed by atoms with Gasteiger partial charge in [-0.05, 0) is 62.0 Å². The van der Waals surface area contributed by atoms with Crippen LogP contribution in [-0.4, -0.2) is 40.5 Å². The molecule has 0 amide bonds. The zero-order valence-corrected chi connectivity index (χ0v) is 20.2. The maximum Gasteiger partial charge on any atom is 0.189 e. The average molecular weight is 548 g/mol. The maximum atomic E-state index is 13.8. The standard InChI is InChI=1S/C22H22FIN6S/c1-30(2)10-9-14-3-5-16(6-4-14)28-22-29-21-19(31-22)20(25-13-26-21)27-17-7-8-18(23)15(11-17)12-24/h3-8,11,13H,9-10,12H2,1-2H3,(H2,25,26,27,28,29). The van der Waals surface area contributed by atoms with Gasteiger partial charge < -0.3 is 15.5 Å². The van der Waals surface area contributed by atoms with E-state index in [0.717, 1.165) is 34.2 Å². The van der Waals surface area contributed by atoms with Gasteiger partial charge in [-0.1, -0.05) is 46.1 Å². The highest BCUT2D eigenvalue weighted by Gasteiger charge is 2.12. The smallest absolute Gasteiger partial charge is 0.189 e. The number of nitrogens with zero attached hydrogens (tertiary/aromatic N) is 4. The van der Waals surface area contributed by atoms with Crippen LogP contribution in [-0.2, 0) is 10.8 Å². The Bertz CT molecular complexity index is 1180. The number of likely N-dealkylation sites (N-methyl/N-ethyl adjacent to an activating group) is 1. The Morgan fingerprint density at radius 3 is 2.55 bits per heavy atom. The third kappa shape index (κ3) is 5.46. The lowest BCUT2D eigenvalue weighted by atomic mass is 10.1. The summed E-state index contributed by atoms with van der Waals surface area (Å²) in [5, 5.41) is 7.37. The number of thiazole rings is 1. The highest BCUT2D eigenvalue weighted by molar-refractivity contribution is 14.1. The molecule has 2 heterocycles. The van der Waals surface area contributed by atoms with Crippen molar-refractivity contribution < 1.29 is 4.39 Å². The summed E-state index contributed by atoms with van der Waals surface area (Å²) in [6, 6.07) is 13.4. The summed E-state index contributed by atoms with van der Waals surface area (Å²) in [5.41, 5.74) is 4.32. The second kappa shape index (κ2) is 9.84. The Morgan fingerprint density at radius 1 is 1.03 bits per heavy atom. The van der Waals surface area contributed by atoms with Gasteiger partial charge in [-0.25, -0.2) is 14.4 Å². The summed E-state index contributed by atoms with van der Waals surface area (Å²) in [6.07, 6.45) is 2.50. The fourth-order valence-corrected chi connectivity index (χ4v) is 4.49. The first-order valence-corrected chi connectivity index (χ1v) is 12.1. The second-order valence-corrected chi connectivity index (χ2v) is 9.10. The van der Waals surface area contributed by atoms with Gasteiger partial charge in [0, 0.05) is 22.3 Å². The Balaban J connectivity index is 1.52. The quantitative estimate of drug-likeness (QED) is 0.216. The van der Waals surface area contributed by atoms with Gasteiger partial charge in [0.1, 0.15) is 16.8 Å². The van der Waals surface area contributed by atoms with Gasteiger partial charge in [-0.2, -0.15) is 4.98 Å². The molecule has 0 aliphatic carbocycles. The van der Waals surface area contributed by atoms with E-state index >= 15 is 0 Å². The molecule has 6 nitrogen and oxygen atoms in total. The van der Waals surface area contributed by atoms with E-state index in [1.54, 1.807) is 12.1 Å². The molecule has 2 N–H and O–H groups in total. The minimum atomic E-state index is -0.204. The number of fused-ring (bicyclic) bond motifs is 1. The Morgan fingerprint density at radius 2 is 1.81 bits per heavy atom. The molecule has 0 unspecified atom stereocenters. The second-order valence-electron chi connectivity index (χ2n) is 7.33. The van der Waals surface area contributed by atoms with Crippen molar-refractivity contribution in [2.75, 3.05) is 31.3 Å². The molecule has 0 spiro atoms. The Kier molecular flexibility index (Phi) is 6.93. The molecule has 0 aliphatic rings. The molecule has 0 saturated carbocycles. The molecule has 4 rings (SSSR count). The zero-order valence-electron chi connectivity index (χ0n) is 17.2. The molecule has 2 aromatic heterocycles. The van der Waals surface area contributed by atoms with Gasteiger partial charge >= 0.3 is 0 Å². The van der Waals surface area contributed by atoms with Crippen LogP contribution in [0.5, 0.6) is 0 Å². The molecule has 4 aromatic rings. The van der Waals surface area contributed by atoms with Gasteiger partial charge in [-0.3, -0.25) is 0 Å². The van der Waals surface area contributed by atoms with Crippen molar-refractivity contribution in [3.63, 3.8) is 0 Å². The summed E-state index contributed by atoms with van der Waals surface area (Å²) in [7, 11) is 4.15. The highest BCUT2D eigenvalue weighted by Crippen LogP contribution is 2.33. The Hall–Kier alpha value is -2.37.